The fourth-order valence-corrected chi connectivity index (χ4v) is 7.79. The Morgan fingerprint density at radius 2 is 0.833 bits per heavy atom. The van der Waals surface area contributed by atoms with Crippen LogP contribution in [0.3, 0.4) is 0 Å². The summed E-state index contributed by atoms with van der Waals surface area (Å²) in [4.78, 5) is 0. The lowest BCUT2D eigenvalue weighted by Gasteiger charge is -2.24. The fourth-order valence-electron chi connectivity index (χ4n) is 0.658. The Morgan fingerprint density at radius 1 is 0.667 bits per heavy atom. The summed E-state index contributed by atoms with van der Waals surface area (Å²) in [6.45, 7) is 14.2. The van der Waals surface area contributed by atoms with Crippen LogP contribution in [0.5, 0.6) is 0 Å². The molecular weight excluding hydrogens is 312 g/mol. The summed E-state index contributed by atoms with van der Waals surface area (Å²) in [5.74, 6) is 0. The van der Waals surface area contributed by atoms with E-state index in [4.69, 9.17) is 0 Å². The van der Waals surface area contributed by atoms with Gasteiger partial charge in [0.05, 0.1) is 16.1 Å². The van der Waals surface area contributed by atoms with Crippen molar-refractivity contribution in [1.82, 2.24) is 0 Å². The van der Waals surface area contributed by atoms with E-state index < -0.39 is 16.1 Å². The maximum atomic E-state index is 3.73. The molecule has 0 atom stereocenters. The molecule has 12 heavy (non-hydrogen) atoms. The molecule has 0 saturated heterocycles. The first-order chi connectivity index (χ1) is 5.07. The lowest BCUT2D eigenvalue weighted by atomic mass is 11.2. The van der Waals surface area contributed by atoms with E-state index in [2.05, 4.69) is 71.1 Å². The van der Waals surface area contributed by atoms with E-state index in [0.29, 0.717) is 0 Å². The minimum atomic E-state index is -1.15. The monoisotopic (exact) mass is 328 g/mol. The summed E-state index contributed by atoms with van der Waals surface area (Å²) >= 11 is 7.46. The highest BCUT2D eigenvalue weighted by molar-refractivity contribution is 9.15. The van der Waals surface area contributed by atoms with Crippen molar-refractivity contribution in [3.05, 3.63) is 8.21 Å². The van der Waals surface area contributed by atoms with Crippen molar-refractivity contribution >= 4 is 48.0 Å². The van der Waals surface area contributed by atoms with Crippen molar-refractivity contribution < 1.29 is 0 Å². The molecule has 0 amide bonds. The van der Waals surface area contributed by atoms with Crippen LogP contribution in [0, 0.1) is 0 Å². The second-order valence-corrected chi connectivity index (χ2v) is 18.2. The van der Waals surface area contributed by atoms with Gasteiger partial charge in [-0.05, 0) is 8.21 Å². The van der Waals surface area contributed by atoms with Crippen LogP contribution in [0.1, 0.15) is 0 Å². The highest BCUT2D eigenvalue weighted by Gasteiger charge is 2.27. The van der Waals surface area contributed by atoms with Gasteiger partial charge in [-0.3, -0.25) is 0 Å². The lowest BCUT2D eigenvalue weighted by molar-refractivity contribution is 1.70. The smallest absolute Gasteiger partial charge is 0.0651 e. The summed E-state index contributed by atoms with van der Waals surface area (Å²) in [6, 6.07) is 0. The maximum absolute atomic E-state index is 3.73. The molecule has 0 N–H and O–H groups in total. The normalized spacial score (nSPS) is 16.0. The largest absolute Gasteiger partial charge is 0.0870 e. The molecule has 0 aromatic carbocycles. The SMILES string of the molecule is C[Si](C)(C)C(Br)=C(Br)[Si](C)(C)C. The zero-order valence-electron chi connectivity index (χ0n) is 8.76. The van der Waals surface area contributed by atoms with Crippen molar-refractivity contribution in [2.75, 3.05) is 0 Å². The highest BCUT2D eigenvalue weighted by atomic mass is 79.9. The van der Waals surface area contributed by atoms with E-state index in [0.717, 1.165) is 0 Å². The molecule has 0 aliphatic rings. The van der Waals surface area contributed by atoms with E-state index in [-0.39, 0.29) is 0 Å². The van der Waals surface area contributed by atoms with Gasteiger partial charge in [0, 0.05) is 0 Å². The Morgan fingerprint density at radius 3 is 0.917 bits per heavy atom. The van der Waals surface area contributed by atoms with Gasteiger partial charge in [-0.15, -0.1) is 0 Å². The Labute approximate surface area is 95.1 Å². The van der Waals surface area contributed by atoms with Gasteiger partial charge in [-0.25, -0.2) is 0 Å². The molecule has 0 aliphatic carbocycles. The Hall–Kier alpha value is 1.13. The van der Waals surface area contributed by atoms with Crippen LogP contribution in [0.25, 0.3) is 0 Å². The van der Waals surface area contributed by atoms with Gasteiger partial charge in [-0.2, -0.15) is 0 Å². The van der Waals surface area contributed by atoms with Gasteiger partial charge in [0.1, 0.15) is 0 Å². The number of hydrogen-bond acceptors (Lipinski definition) is 0. The van der Waals surface area contributed by atoms with Crippen molar-refractivity contribution in [1.29, 1.82) is 0 Å². The van der Waals surface area contributed by atoms with Crippen LogP contribution in [-0.4, -0.2) is 16.1 Å². The summed E-state index contributed by atoms with van der Waals surface area (Å²) in [7, 11) is -2.30. The highest BCUT2D eigenvalue weighted by Crippen LogP contribution is 2.33. The minimum Gasteiger partial charge on any atom is -0.0651 e. The predicted molar refractivity (Wildman–Crippen MR) is 71.6 cm³/mol. The van der Waals surface area contributed by atoms with E-state index in [9.17, 15) is 0 Å². The van der Waals surface area contributed by atoms with E-state index in [1.807, 2.05) is 0 Å². The second kappa shape index (κ2) is 4.11. The Bertz CT molecular complexity index is 174. The third-order valence-corrected chi connectivity index (χ3v) is 14.1. The Balaban J connectivity index is 4.96. The lowest BCUT2D eigenvalue weighted by Crippen LogP contribution is -2.29. The molecule has 0 saturated carbocycles. The zero-order valence-corrected chi connectivity index (χ0v) is 13.9. The summed E-state index contributed by atoms with van der Waals surface area (Å²) < 4.78 is 2.91. The summed E-state index contributed by atoms with van der Waals surface area (Å²) in [5, 5.41) is 0. The minimum absolute atomic E-state index is 1.15. The van der Waals surface area contributed by atoms with Gasteiger partial charge in [0.2, 0.25) is 0 Å². The quantitative estimate of drug-likeness (QED) is 0.642. The van der Waals surface area contributed by atoms with Crippen LogP contribution in [0.2, 0.25) is 39.3 Å². The van der Waals surface area contributed by atoms with Gasteiger partial charge >= 0.3 is 0 Å². The molecule has 0 rings (SSSR count). The first kappa shape index (κ1) is 13.1. The fraction of sp³-hybridized carbons (Fsp3) is 0.750. The average molecular weight is 330 g/mol. The molecule has 0 aromatic rings. The molecular formula is C8H18Br2Si2. The van der Waals surface area contributed by atoms with Gasteiger partial charge < -0.3 is 0 Å². The molecule has 72 valence electrons. The summed E-state index contributed by atoms with van der Waals surface area (Å²) in [5.41, 5.74) is 0. The van der Waals surface area contributed by atoms with Crippen molar-refractivity contribution in [2.24, 2.45) is 0 Å². The van der Waals surface area contributed by atoms with Crippen molar-refractivity contribution in [2.45, 2.75) is 39.3 Å². The molecule has 0 fully saturated rings. The maximum Gasteiger partial charge on any atom is 0.0870 e. The van der Waals surface area contributed by atoms with Crippen LogP contribution in [0.4, 0.5) is 0 Å². The molecule has 0 radical (unpaired) electrons. The molecule has 0 bridgehead atoms. The van der Waals surface area contributed by atoms with Gasteiger partial charge in [0.15, 0.2) is 0 Å². The second-order valence-electron chi connectivity index (χ2n) is 5.13. The molecule has 0 nitrogen and oxygen atoms in total. The van der Waals surface area contributed by atoms with E-state index >= 15 is 0 Å². The molecule has 0 aromatic heterocycles. The van der Waals surface area contributed by atoms with Gasteiger partial charge in [-0.1, -0.05) is 71.1 Å². The first-order valence-electron chi connectivity index (χ1n) is 4.13. The van der Waals surface area contributed by atoms with E-state index in [1.165, 1.54) is 8.21 Å². The van der Waals surface area contributed by atoms with Crippen LogP contribution < -0.4 is 0 Å². The van der Waals surface area contributed by atoms with Gasteiger partial charge in [0.25, 0.3) is 0 Å². The number of rotatable bonds is 2. The molecule has 0 unspecified atom stereocenters. The topological polar surface area (TPSA) is 0 Å². The van der Waals surface area contributed by atoms with Crippen molar-refractivity contribution in [3.8, 4) is 0 Å². The molecule has 4 heteroatoms. The third kappa shape index (κ3) is 3.89. The standard InChI is InChI=1S/C8H18Br2Si2/c1-11(2,3)7(9)8(10)12(4,5)6/h1-6H3. The van der Waals surface area contributed by atoms with Crippen molar-refractivity contribution in [3.63, 3.8) is 0 Å². The van der Waals surface area contributed by atoms with E-state index in [1.54, 1.807) is 0 Å². The molecule has 0 spiro atoms. The molecule has 0 aliphatic heterocycles. The first-order valence-corrected chi connectivity index (χ1v) is 12.7. The van der Waals surface area contributed by atoms with Crippen LogP contribution >= 0.6 is 31.9 Å². The predicted octanol–water partition coefficient (Wildman–Crippen LogP) is 4.74. The molecule has 0 heterocycles. The summed E-state index contributed by atoms with van der Waals surface area (Å²) in [6.07, 6.45) is 0. The number of hydrogen-bond donors (Lipinski definition) is 0. The third-order valence-electron chi connectivity index (χ3n) is 1.51. The van der Waals surface area contributed by atoms with Crippen LogP contribution in [0.15, 0.2) is 8.21 Å². The average Bonchev–Trinajstić information content (AvgIpc) is 1.80. The van der Waals surface area contributed by atoms with Crippen LogP contribution in [-0.2, 0) is 0 Å². The zero-order chi connectivity index (χ0) is 10.2. The number of halogens is 2. The Kier molecular flexibility index (Phi) is 4.50.